The van der Waals surface area contributed by atoms with Gasteiger partial charge in [0.25, 0.3) is 0 Å². The van der Waals surface area contributed by atoms with Gasteiger partial charge in [-0.25, -0.2) is 33.8 Å². The van der Waals surface area contributed by atoms with E-state index < -0.39 is 40.8 Å². The molecule has 50 heavy (non-hydrogen) atoms. The Balaban J connectivity index is 1.32. The van der Waals surface area contributed by atoms with Gasteiger partial charge in [-0.1, -0.05) is 6.92 Å². The summed E-state index contributed by atoms with van der Waals surface area (Å²) >= 11 is 0. The number of carbonyl (C=O) groups is 2. The Morgan fingerprint density at radius 3 is 2.54 bits per heavy atom. The van der Waals surface area contributed by atoms with Crippen molar-refractivity contribution in [2.75, 3.05) is 19.5 Å². The second-order valence-electron chi connectivity index (χ2n) is 12.7. The van der Waals surface area contributed by atoms with Crippen LogP contribution in [0.25, 0.3) is 33.3 Å². The molecule has 0 bridgehead atoms. The van der Waals surface area contributed by atoms with Crippen molar-refractivity contribution in [2.45, 2.75) is 55.7 Å². The molecule has 0 aliphatic heterocycles. The maximum absolute atomic E-state index is 13.6. The standard InChI is InChI=1S/C31H33BN10O8/c1-15-12-30(15,26(33)43)42-24-17(23(39-42)18-5-4-10-34-25(18)49-2)6-7-21(37-24)36-22-11-19-20(14-35-22)41(31(46,47)48)28(45)40(19)16-8-9-29(32,13-16)38-27(44)50-3/h4-7,10-11,14-16,46-48H,8-9,12-13H2,1-3H3,(H2,33,43)(H,38,44)(H,35,36,37). The number of rotatable bonds is 9. The van der Waals surface area contributed by atoms with Gasteiger partial charge in [0, 0.05) is 29.1 Å². The van der Waals surface area contributed by atoms with Crippen molar-refractivity contribution in [3.05, 3.63) is 53.2 Å². The number of aromatic nitrogens is 7. The van der Waals surface area contributed by atoms with Crippen LogP contribution < -0.4 is 26.8 Å². The molecule has 2 aliphatic rings. The van der Waals surface area contributed by atoms with Gasteiger partial charge in [-0.15, -0.1) is 0 Å². The molecule has 18 nitrogen and oxygen atoms in total. The predicted octanol–water partition coefficient (Wildman–Crippen LogP) is 0.468. The lowest BCUT2D eigenvalue weighted by atomic mass is 9.76. The number of fused-ring (bicyclic) bond motifs is 2. The normalized spacial score (nSPS) is 23.2. The second kappa shape index (κ2) is 11.5. The Kier molecular flexibility index (Phi) is 7.61. The minimum absolute atomic E-state index is 0.0911. The lowest BCUT2D eigenvalue weighted by Gasteiger charge is -2.25. The topological polar surface area (TPSA) is 247 Å². The molecule has 4 atom stereocenters. The molecule has 2 amide bonds. The summed E-state index contributed by atoms with van der Waals surface area (Å²) in [4.78, 5) is 51.7. The van der Waals surface area contributed by atoms with Crippen LogP contribution in [0.1, 0.15) is 38.6 Å². The fraction of sp³-hybridized carbons (Fsp3) is 0.387. The molecule has 2 radical (unpaired) electrons. The highest BCUT2D eigenvalue weighted by atomic mass is 16.7. The van der Waals surface area contributed by atoms with Gasteiger partial charge in [-0.05, 0) is 55.9 Å². The zero-order valence-corrected chi connectivity index (χ0v) is 27.2. The summed E-state index contributed by atoms with van der Waals surface area (Å²) in [6.07, 6.45) is -0.344. The van der Waals surface area contributed by atoms with Crippen molar-refractivity contribution < 1.29 is 34.4 Å². The van der Waals surface area contributed by atoms with Crippen LogP contribution in [0, 0.1) is 5.92 Å². The van der Waals surface area contributed by atoms with Crippen molar-refractivity contribution in [3.8, 4) is 17.1 Å². The van der Waals surface area contributed by atoms with Gasteiger partial charge >= 0.3 is 17.9 Å². The number of carbonyl (C=O) groups excluding carboxylic acids is 2. The van der Waals surface area contributed by atoms with E-state index in [0.717, 1.165) is 0 Å². The molecule has 7 N–H and O–H groups in total. The molecule has 4 unspecified atom stereocenters. The number of imidazole rings is 1. The number of methoxy groups -OCH3 is 2. The first-order valence-electron chi connectivity index (χ1n) is 15.6. The first-order valence-corrected chi connectivity index (χ1v) is 15.6. The Labute approximate surface area is 284 Å². The van der Waals surface area contributed by atoms with Gasteiger partial charge in [-0.2, -0.15) is 5.10 Å². The van der Waals surface area contributed by atoms with E-state index in [1.165, 1.54) is 31.0 Å². The summed E-state index contributed by atoms with van der Waals surface area (Å²) < 4.78 is 13.4. The summed E-state index contributed by atoms with van der Waals surface area (Å²) in [5, 5.41) is 41.4. The molecule has 0 saturated heterocycles. The summed E-state index contributed by atoms with van der Waals surface area (Å²) in [5.74, 6) is 0.182. The molecule has 19 heteroatoms. The minimum atomic E-state index is -3.55. The summed E-state index contributed by atoms with van der Waals surface area (Å²) in [7, 11) is 9.09. The summed E-state index contributed by atoms with van der Waals surface area (Å²) in [6.45, 7) is 1.90. The number of alkyl carbamates (subject to hydrolysis) is 1. The van der Waals surface area contributed by atoms with E-state index in [4.69, 9.17) is 28.4 Å². The number of ether oxygens (including phenoxy) is 2. The van der Waals surface area contributed by atoms with E-state index in [-0.39, 0.29) is 35.6 Å². The van der Waals surface area contributed by atoms with Crippen molar-refractivity contribution in [1.29, 1.82) is 0 Å². The fourth-order valence-corrected chi connectivity index (χ4v) is 7.02. The van der Waals surface area contributed by atoms with Gasteiger partial charge in [0.2, 0.25) is 11.8 Å². The van der Waals surface area contributed by atoms with Gasteiger partial charge in [0.15, 0.2) is 5.65 Å². The molecule has 7 rings (SSSR count). The Morgan fingerprint density at radius 1 is 1.12 bits per heavy atom. The third kappa shape index (κ3) is 5.21. The molecule has 2 fully saturated rings. The van der Waals surface area contributed by atoms with Crippen LogP contribution in [0.2, 0.25) is 0 Å². The lowest BCUT2D eigenvalue weighted by molar-refractivity contribution is -0.374. The molecule has 5 aromatic heterocycles. The number of nitrogens with two attached hydrogens (primary N) is 1. The van der Waals surface area contributed by atoms with Crippen molar-refractivity contribution in [2.24, 2.45) is 11.7 Å². The van der Waals surface area contributed by atoms with Gasteiger partial charge in [-0.3, -0.25) is 9.36 Å². The molecule has 2 aliphatic carbocycles. The number of hydrogen-bond acceptors (Lipinski definition) is 13. The van der Waals surface area contributed by atoms with Crippen LogP contribution in [0.5, 0.6) is 5.88 Å². The number of amides is 2. The zero-order valence-electron chi connectivity index (χ0n) is 27.2. The largest absolute Gasteiger partial charge is 0.481 e. The Bertz CT molecular complexity index is 2250. The average molecular weight is 684 g/mol. The van der Waals surface area contributed by atoms with Gasteiger partial charge < -0.3 is 41.2 Å². The first-order chi connectivity index (χ1) is 23.7. The first kappa shape index (κ1) is 33.0. The number of pyridine rings is 3. The van der Waals surface area contributed by atoms with Crippen LogP contribution in [0.3, 0.4) is 0 Å². The molecule has 0 spiro atoms. The van der Waals surface area contributed by atoms with Crippen LogP contribution >= 0.6 is 0 Å². The fourth-order valence-electron chi connectivity index (χ4n) is 7.02. The quantitative estimate of drug-likeness (QED) is 0.0914. The van der Waals surface area contributed by atoms with E-state index in [1.54, 1.807) is 35.1 Å². The highest BCUT2D eigenvalue weighted by Gasteiger charge is 2.60. The maximum atomic E-state index is 13.6. The maximum Gasteiger partial charge on any atom is 0.406 e. The van der Waals surface area contributed by atoms with Crippen LogP contribution in [0.4, 0.5) is 16.4 Å². The summed E-state index contributed by atoms with van der Waals surface area (Å²) in [5.41, 5.74) is 4.18. The lowest BCUT2D eigenvalue weighted by Crippen LogP contribution is -2.47. The van der Waals surface area contributed by atoms with Crippen molar-refractivity contribution in [1.82, 2.24) is 39.2 Å². The number of nitrogens with zero attached hydrogens (tertiary/aromatic N) is 7. The van der Waals surface area contributed by atoms with E-state index in [9.17, 15) is 29.7 Å². The predicted molar refractivity (Wildman–Crippen MR) is 177 cm³/mol. The molecule has 0 aromatic carbocycles. The zero-order chi connectivity index (χ0) is 35.7. The SMILES string of the molecule is [B]C1(NC(=O)OC)CCC(n2c(=O)n(C(O)(O)O)c3cnc(Nc4ccc5c(-c6cccnc6OC)nn(C6(C(N)=O)CC6C)c5n4)cc32)C1. The van der Waals surface area contributed by atoms with Crippen molar-refractivity contribution in [3.63, 3.8) is 0 Å². The van der Waals surface area contributed by atoms with Gasteiger partial charge in [0.1, 0.15) is 30.7 Å². The highest BCUT2D eigenvalue weighted by Crippen LogP contribution is 2.51. The minimum Gasteiger partial charge on any atom is -0.481 e. The number of hydrogen-bond donors (Lipinski definition) is 6. The molecule has 258 valence electrons. The summed E-state index contributed by atoms with van der Waals surface area (Å²) in [6, 6.07) is 7.85. The molecular formula is C31H33BN10O8. The van der Waals surface area contributed by atoms with E-state index in [2.05, 4.69) is 25.3 Å². The number of aliphatic hydroxyl groups is 3. The van der Waals surface area contributed by atoms with Crippen LogP contribution in [-0.4, -0.2) is 88.7 Å². The van der Waals surface area contributed by atoms with E-state index in [0.29, 0.717) is 51.4 Å². The average Bonchev–Trinajstić information content (AvgIpc) is 3.31. The molecule has 5 aromatic rings. The van der Waals surface area contributed by atoms with Crippen molar-refractivity contribution >= 4 is 53.5 Å². The molecule has 2 saturated carbocycles. The van der Waals surface area contributed by atoms with E-state index in [1.807, 2.05) is 6.92 Å². The Morgan fingerprint density at radius 2 is 1.88 bits per heavy atom. The smallest absolute Gasteiger partial charge is 0.406 e. The number of anilines is 2. The molecule has 5 heterocycles. The molecular weight excluding hydrogens is 651 g/mol. The van der Waals surface area contributed by atoms with Crippen LogP contribution in [0.15, 0.2) is 47.5 Å². The monoisotopic (exact) mass is 684 g/mol. The third-order valence-corrected chi connectivity index (χ3v) is 9.57. The number of nitrogens with one attached hydrogen (secondary N) is 2. The number of primary amides is 1. The highest BCUT2D eigenvalue weighted by molar-refractivity contribution is 6.16. The van der Waals surface area contributed by atoms with Crippen LogP contribution in [-0.2, 0) is 21.2 Å². The van der Waals surface area contributed by atoms with E-state index >= 15 is 0 Å². The Hall–Kier alpha value is -5.53. The second-order valence-corrected chi connectivity index (χ2v) is 12.7. The third-order valence-electron chi connectivity index (χ3n) is 9.57. The van der Waals surface area contributed by atoms with Gasteiger partial charge in [0.05, 0.1) is 37.0 Å².